The Hall–Kier alpha value is -1.38. The summed E-state index contributed by atoms with van der Waals surface area (Å²) in [6, 6.07) is 5.90. The van der Waals surface area contributed by atoms with Crippen LogP contribution in [0.5, 0.6) is 5.75 Å². The van der Waals surface area contributed by atoms with Crippen LogP contribution in [-0.4, -0.2) is 19.2 Å². The van der Waals surface area contributed by atoms with E-state index in [0.717, 1.165) is 24.4 Å². The molecule has 2 N–H and O–H groups in total. The van der Waals surface area contributed by atoms with Crippen molar-refractivity contribution >= 4 is 11.4 Å². The third-order valence-electron chi connectivity index (χ3n) is 2.86. The standard InChI is InChI=1S/C12H18N2O/c1-12(2)7-8-14(3)10-6-4-5-9(13)11(10)15-12/h4-6H,7-8,13H2,1-3H3. The Bertz CT molecular complexity index is 374. The zero-order valence-electron chi connectivity index (χ0n) is 9.58. The van der Waals surface area contributed by atoms with Crippen molar-refractivity contribution in [2.45, 2.75) is 25.9 Å². The van der Waals surface area contributed by atoms with Crippen molar-refractivity contribution in [3.8, 4) is 5.75 Å². The van der Waals surface area contributed by atoms with Crippen molar-refractivity contribution in [3.63, 3.8) is 0 Å². The summed E-state index contributed by atoms with van der Waals surface area (Å²) < 4.78 is 5.98. The quantitative estimate of drug-likeness (QED) is 0.662. The van der Waals surface area contributed by atoms with Gasteiger partial charge in [0.15, 0.2) is 5.75 Å². The number of nitrogen functional groups attached to an aromatic ring is 1. The van der Waals surface area contributed by atoms with Gasteiger partial charge in [-0.3, -0.25) is 0 Å². The number of ether oxygens (including phenoxy) is 1. The van der Waals surface area contributed by atoms with Crippen LogP contribution in [-0.2, 0) is 0 Å². The molecule has 0 amide bonds. The van der Waals surface area contributed by atoms with Gasteiger partial charge in [0.2, 0.25) is 0 Å². The molecule has 0 aliphatic carbocycles. The Morgan fingerprint density at radius 1 is 1.40 bits per heavy atom. The van der Waals surface area contributed by atoms with Gasteiger partial charge >= 0.3 is 0 Å². The number of nitrogens with zero attached hydrogens (tertiary/aromatic N) is 1. The highest BCUT2D eigenvalue weighted by atomic mass is 16.5. The molecule has 2 rings (SSSR count). The van der Waals surface area contributed by atoms with Gasteiger partial charge in [-0.1, -0.05) is 6.07 Å². The fourth-order valence-corrected chi connectivity index (χ4v) is 1.84. The van der Waals surface area contributed by atoms with Crippen LogP contribution >= 0.6 is 0 Å². The van der Waals surface area contributed by atoms with E-state index in [9.17, 15) is 0 Å². The average Bonchev–Trinajstić information content (AvgIpc) is 2.27. The van der Waals surface area contributed by atoms with Crippen molar-refractivity contribution in [3.05, 3.63) is 18.2 Å². The van der Waals surface area contributed by atoms with E-state index >= 15 is 0 Å². The Labute approximate surface area is 90.8 Å². The van der Waals surface area contributed by atoms with Crippen LogP contribution in [0.4, 0.5) is 11.4 Å². The van der Waals surface area contributed by atoms with Crippen LogP contribution in [0.15, 0.2) is 18.2 Å². The summed E-state index contributed by atoms with van der Waals surface area (Å²) in [5, 5.41) is 0. The normalized spacial score (nSPS) is 19.0. The maximum absolute atomic E-state index is 5.98. The van der Waals surface area contributed by atoms with E-state index in [0.29, 0.717) is 5.69 Å². The first kappa shape index (κ1) is 10.1. The minimum Gasteiger partial charge on any atom is -0.483 e. The highest BCUT2D eigenvalue weighted by Gasteiger charge is 2.27. The molecule has 0 bridgehead atoms. The number of hydrogen-bond donors (Lipinski definition) is 1. The first-order valence-corrected chi connectivity index (χ1v) is 5.28. The zero-order valence-corrected chi connectivity index (χ0v) is 9.58. The first-order chi connectivity index (χ1) is 6.99. The van der Waals surface area contributed by atoms with Gasteiger partial charge in [0.1, 0.15) is 5.60 Å². The largest absolute Gasteiger partial charge is 0.483 e. The molecule has 1 aromatic rings. The molecule has 0 radical (unpaired) electrons. The number of para-hydroxylation sites is 1. The second-order valence-corrected chi connectivity index (χ2v) is 4.73. The number of rotatable bonds is 0. The molecule has 0 spiro atoms. The van der Waals surface area contributed by atoms with Crippen molar-refractivity contribution in [1.29, 1.82) is 0 Å². The Morgan fingerprint density at radius 2 is 2.13 bits per heavy atom. The summed E-state index contributed by atoms with van der Waals surface area (Å²) in [4.78, 5) is 2.19. The van der Waals surface area contributed by atoms with Crippen molar-refractivity contribution < 1.29 is 4.74 Å². The predicted molar refractivity (Wildman–Crippen MR) is 63.4 cm³/mol. The summed E-state index contributed by atoms with van der Waals surface area (Å²) in [7, 11) is 2.07. The molecule has 1 aliphatic rings. The SMILES string of the molecule is CN1CCC(C)(C)Oc2c(N)cccc21. The average molecular weight is 206 g/mol. The second-order valence-electron chi connectivity index (χ2n) is 4.73. The minimum atomic E-state index is -0.144. The number of fused-ring (bicyclic) bond motifs is 1. The predicted octanol–water partition coefficient (Wildman–Crippen LogP) is 2.27. The van der Waals surface area contributed by atoms with Gasteiger partial charge in [0.25, 0.3) is 0 Å². The van der Waals surface area contributed by atoms with Gasteiger partial charge in [-0.15, -0.1) is 0 Å². The molecule has 1 aliphatic heterocycles. The molecule has 3 nitrogen and oxygen atoms in total. The molecule has 3 heteroatoms. The lowest BCUT2D eigenvalue weighted by molar-refractivity contribution is 0.109. The molecule has 1 heterocycles. The van der Waals surface area contributed by atoms with E-state index in [4.69, 9.17) is 10.5 Å². The molecule has 0 aromatic heterocycles. The van der Waals surface area contributed by atoms with Crippen molar-refractivity contribution in [2.75, 3.05) is 24.2 Å². The Balaban J connectivity index is 2.50. The number of nitrogens with two attached hydrogens (primary N) is 1. The van der Waals surface area contributed by atoms with E-state index in [-0.39, 0.29) is 5.60 Å². The lowest BCUT2D eigenvalue weighted by Gasteiger charge is -2.24. The maximum atomic E-state index is 5.98. The molecule has 0 atom stereocenters. The van der Waals surface area contributed by atoms with Gasteiger partial charge in [-0.25, -0.2) is 0 Å². The fourth-order valence-electron chi connectivity index (χ4n) is 1.84. The van der Waals surface area contributed by atoms with Crippen LogP contribution < -0.4 is 15.4 Å². The van der Waals surface area contributed by atoms with E-state index in [1.54, 1.807) is 0 Å². The topological polar surface area (TPSA) is 38.5 Å². The zero-order chi connectivity index (χ0) is 11.1. The number of benzene rings is 1. The summed E-state index contributed by atoms with van der Waals surface area (Å²) in [6.07, 6.45) is 0.998. The molecule has 0 saturated heterocycles. The van der Waals surface area contributed by atoms with E-state index in [2.05, 4.69) is 25.8 Å². The van der Waals surface area contributed by atoms with Gasteiger partial charge in [0, 0.05) is 20.0 Å². The fraction of sp³-hybridized carbons (Fsp3) is 0.500. The summed E-state index contributed by atoms with van der Waals surface area (Å²) in [6.45, 7) is 5.19. The highest BCUT2D eigenvalue weighted by Crippen LogP contribution is 2.39. The Morgan fingerprint density at radius 3 is 2.87 bits per heavy atom. The van der Waals surface area contributed by atoms with Crippen LogP contribution in [0, 0.1) is 0 Å². The van der Waals surface area contributed by atoms with Gasteiger partial charge < -0.3 is 15.4 Å². The highest BCUT2D eigenvalue weighted by molar-refractivity contribution is 5.70. The van der Waals surface area contributed by atoms with Crippen molar-refractivity contribution in [2.24, 2.45) is 0 Å². The molecular formula is C12H18N2O. The van der Waals surface area contributed by atoms with Gasteiger partial charge in [-0.2, -0.15) is 0 Å². The van der Waals surface area contributed by atoms with Crippen LogP contribution in [0.1, 0.15) is 20.3 Å². The van der Waals surface area contributed by atoms with Crippen LogP contribution in [0.2, 0.25) is 0 Å². The Kier molecular flexibility index (Phi) is 2.25. The molecule has 82 valence electrons. The van der Waals surface area contributed by atoms with Crippen LogP contribution in [0.25, 0.3) is 0 Å². The lowest BCUT2D eigenvalue weighted by Crippen LogP contribution is -2.30. The number of hydrogen-bond acceptors (Lipinski definition) is 3. The molecule has 0 fully saturated rings. The first-order valence-electron chi connectivity index (χ1n) is 5.28. The molecule has 15 heavy (non-hydrogen) atoms. The van der Waals surface area contributed by atoms with Crippen molar-refractivity contribution in [1.82, 2.24) is 0 Å². The van der Waals surface area contributed by atoms with Crippen LogP contribution in [0.3, 0.4) is 0 Å². The minimum absolute atomic E-state index is 0.144. The summed E-state index contributed by atoms with van der Waals surface area (Å²) in [5.74, 6) is 0.822. The molecular weight excluding hydrogens is 188 g/mol. The lowest BCUT2D eigenvalue weighted by atomic mass is 10.1. The van der Waals surface area contributed by atoms with Gasteiger partial charge in [-0.05, 0) is 26.0 Å². The molecule has 1 aromatic carbocycles. The van der Waals surface area contributed by atoms with E-state index in [1.165, 1.54) is 0 Å². The monoisotopic (exact) mass is 206 g/mol. The molecule has 0 saturated carbocycles. The third-order valence-corrected chi connectivity index (χ3v) is 2.86. The smallest absolute Gasteiger partial charge is 0.166 e. The van der Waals surface area contributed by atoms with E-state index < -0.39 is 0 Å². The number of anilines is 2. The maximum Gasteiger partial charge on any atom is 0.166 e. The summed E-state index contributed by atoms with van der Waals surface area (Å²) >= 11 is 0. The third kappa shape index (κ3) is 1.87. The van der Waals surface area contributed by atoms with Gasteiger partial charge in [0.05, 0.1) is 11.4 Å². The van der Waals surface area contributed by atoms with E-state index in [1.807, 2.05) is 18.2 Å². The second kappa shape index (κ2) is 3.33. The molecule has 0 unspecified atom stereocenters. The summed E-state index contributed by atoms with van der Waals surface area (Å²) in [5.41, 5.74) is 7.60.